The first-order chi connectivity index (χ1) is 11.5. The van der Waals surface area contributed by atoms with Gasteiger partial charge in [-0.3, -0.25) is 9.59 Å². The highest BCUT2D eigenvalue weighted by molar-refractivity contribution is 5.76. The molecule has 1 N–H and O–H groups in total. The second-order valence-corrected chi connectivity index (χ2v) is 6.13. The summed E-state index contributed by atoms with van der Waals surface area (Å²) in [6.07, 6.45) is 0.429. The molecule has 1 aromatic rings. The monoisotopic (exact) mass is 340 g/mol. The lowest BCUT2D eigenvalue weighted by atomic mass is 10.1. The van der Waals surface area contributed by atoms with Crippen LogP contribution in [-0.4, -0.2) is 93.4 Å². The van der Waals surface area contributed by atoms with Gasteiger partial charge < -0.3 is 19.6 Å². The molecule has 0 spiro atoms. The van der Waals surface area contributed by atoms with Crippen LogP contribution in [0.1, 0.15) is 12.2 Å². The van der Waals surface area contributed by atoms with Crippen LogP contribution < -0.4 is 0 Å². The number of ether oxygens (including phenoxy) is 1. The Hall–Kier alpha value is -2.07. The minimum Gasteiger partial charge on any atom is -0.483 e. The van der Waals surface area contributed by atoms with E-state index in [4.69, 9.17) is 14.6 Å². The summed E-state index contributed by atoms with van der Waals surface area (Å²) in [6, 6.07) is 0.157. The van der Waals surface area contributed by atoms with Gasteiger partial charge in [-0.05, 0) is 24.4 Å². The maximum atomic E-state index is 12.6. The number of carbonyl (C=O) groups excluding carboxylic acids is 1. The van der Waals surface area contributed by atoms with Gasteiger partial charge in [-0.25, -0.2) is 4.68 Å². The molecular formula is C14H24N6O4. The second kappa shape index (κ2) is 8.69. The number of amides is 1. The van der Waals surface area contributed by atoms with Crippen LogP contribution in [0.25, 0.3) is 0 Å². The van der Waals surface area contributed by atoms with Crippen molar-refractivity contribution in [3.63, 3.8) is 0 Å². The van der Waals surface area contributed by atoms with E-state index in [1.807, 2.05) is 11.8 Å². The summed E-state index contributed by atoms with van der Waals surface area (Å²) >= 11 is 0. The lowest BCUT2D eigenvalue weighted by Crippen LogP contribution is -2.46. The van der Waals surface area contributed by atoms with Gasteiger partial charge in [0.15, 0.2) is 0 Å². The van der Waals surface area contributed by atoms with Crippen molar-refractivity contribution in [2.45, 2.75) is 25.9 Å². The maximum Gasteiger partial charge on any atom is 0.290 e. The minimum atomic E-state index is -0.250. The molecule has 2 aliphatic heterocycles. The van der Waals surface area contributed by atoms with E-state index >= 15 is 0 Å². The molecular weight excluding hydrogens is 316 g/mol. The Kier molecular flexibility index (Phi) is 6.62. The number of carboxylic acid groups (broad SMARTS) is 1. The number of nitrogens with zero attached hydrogens (tertiary/aromatic N) is 6. The largest absolute Gasteiger partial charge is 0.483 e. The molecule has 3 rings (SSSR count). The van der Waals surface area contributed by atoms with E-state index in [9.17, 15) is 4.79 Å². The van der Waals surface area contributed by atoms with E-state index in [-0.39, 0.29) is 18.4 Å². The van der Waals surface area contributed by atoms with Crippen LogP contribution in [0.15, 0.2) is 0 Å². The van der Waals surface area contributed by atoms with E-state index in [1.54, 1.807) is 4.68 Å². The number of fused-ring (bicyclic) bond motifs is 3. The van der Waals surface area contributed by atoms with Gasteiger partial charge in [-0.15, -0.1) is 5.10 Å². The number of aromatic nitrogens is 4. The van der Waals surface area contributed by atoms with Crippen LogP contribution in [-0.2, 0) is 20.9 Å². The average Bonchev–Trinajstić information content (AvgIpc) is 2.73. The Morgan fingerprint density at radius 2 is 2.12 bits per heavy atom. The fourth-order valence-corrected chi connectivity index (χ4v) is 3.18. The lowest BCUT2D eigenvalue weighted by molar-refractivity contribution is -0.134. The summed E-state index contributed by atoms with van der Waals surface area (Å²) in [4.78, 5) is 25.2. The van der Waals surface area contributed by atoms with Crippen LogP contribution in [0, 0.1) is 12.8 Å². The molecule has 2 atom stereocenters. The summed E-state index contributed by atoms with van der Waals surface area (Å²) in [6.45, 7) is 6.17. The van der Waals surface area contributed by atoms with Gasteiger partial charge in [0.1, 0.15) is 5.82 Å². The van der Waals surface area contributed by atoms with Gasteiger partial charge >= 0.3 is 0 Å². The van der Waals surface area contributed by atoms with Crippen molar-refractivity contribution >= 4 is 12.4 Å². The number of aryl methyl sites for hydroxylation is 2. The van der Waals surface area contributed by atoms with E-state index in [1.165, 1.54) is 0 Å². The van der Waals surface area contributed by atoms with Crippen molar-refractivity contribution in [3.05, 3.63) is 5.82 Å². The van der Waals surface area contributed by atoms with Crippen molar-refractivity contribution in [1.82, 2.24) is 30.0 Å². The van der Waals surface area contributed by atoms with Crippen LogP contribution >= 0.6 is 0 Å². The average molecular weight is 340 g/mol. The highest BCUT2D eigenvalue weighted by Crippen LogP contribution is 2.19. The van der Waals surface area contributed by atoms with Crippen molar-refractivity contribution in [3.8, 4) is 0 Å². The molecule has 134 valence electrons. The standard InChI is InChI=1S/C13H22N6O2.CH2O2/c1-10-14-15-16-19(10)4-3-13(20)18-6-11-5-17(2)7-12(18)9-21-8-11;2-1-3/h11-12H,3-9H2,1-2H3;1H,(H,2,3)/t11-,12-;/m0./s1. The van der Waals surface area contributed by atoms with Gasteiger partial charge in [-0.2, -0.15) is 0 Å². The molecule has 10 heteroatoms. The van der Waals surface area contributed by atoms with E-state index in [0.29, 0.717) is 25.5 Å². The number of rotatable bonds is 3. The maximum absolute atomic E-state index is 12.6. The summed E-state index contributed by atoms with van der Waals surface area (Å²) in [5.41, 5.74) is 0. The zero-order chi connectivity index (χ0) is 17.5. The lowest BCUT2D eigenvalue weighted by Gasteiger charge is -2.29. The number of tetrazole rings is 1. The number of hydrogen-bond acceptors (Lipinski definition) is 7. The molecule has 10 nitrogen and oxygen atoms in total. The molecule has 1 amide bonds. The first-order valence-electron chi connectivity index (χ1n) is 7.91. The molecule has 2 aliphatic rings. The van der Waals surface area contributed by atoms with Gasteiger partial charge in [-0.1, -0.05) is 0 Å². The molecule has 2 bridgehead atoms. The van der Waals surface area contributed by atoms with Crippen LogP contribution in [0.4, 0.5) is 0 Å². The minimum absolute atomic E-state index is 0.157. The van der Waals surface area contributed by atoms with Crippen molar-refractivity contribution < 1.29 is 19.4 Å². The molecule has 0 unspecified atom stereocenters. The number of hydrogen-bond donors (Lipinski definition) is 1. The van der Waals surface area contributed by atoms with E-state index in [2.05, 4.69) is 27.5 Å². The van der Waals surface area contributed by atoms with Crippen LogP contribution in [0.2, 0.25) is 0 Å². The van der Waals surface area contributed by atoms with Crippen LogP contribution in [0.5, 0.6) is 0 Å². The van der Waals surface area contributed by atoms with Crippen molar-refractivity contribution in [1.29, 1.82) is 0 Å². The fourth-order valence-electron chi connectivity index (χ4n) is 3.18. The van der Waals surface area contributed by atoms with E-state index in [0.717, 1.165) is 32.1 Å². The van der Waals surface area contributed by atoms with Gasteiger partial charge in [0.05, 0.1) is 25.8 Å². The third-order valence-corrected chi connectivity index (χ3v) is 4.22. The van der Waals surface area contributed by atoms with Crippen molar-refractivity contribution in [2.75, 3.05) is 39.9 Å². The number of likely N-dealkylation sites (N-methyl/N-ethyl adjacent to an activating group) is 1. The SMILES string of the molecule is Cc1nnnn1CCC(=O)N1C[C@H]2COC[C@@H]1CN(C)C2.O=CO. The van der Waals surface area contributed by atoms with E-state index < -0.39 is 0 Å². The highest BCUT2D eigenvalue weighted by Gasteiger charge is 2.34. The predicted octanol–water partition coefficient (Wildman–Crippen LogP) is -1.14. The highest BCUT2D eigenvalue weighted by atomic mass is 16.5. The molecule has 24 heavy (non-hydrogen) atoms. The zero-order valence-electron chi connectivity index (χ0n) is 14.0. The summed E-state index contributed by atoms with van der Waals surface area (Å²) in [5.74, 6) is 1.31. The fraction of sp³-hybridized carbons (Fsp3) is 0.786. The zero-order valence-corrected chi connectivity index (χ0v) is 14.0. The summed E-state index contributed by atoms with van der Waals surface area (Å²) in [5, 5.41) is 18.2. The van der Waals surface area contributed by atoms with Gasteiger partial charge in [0, 0.05) is 32.0 Å². The second-order valence-electron chi connectivity index (χ2n) is 6.13. The quantitative estimate of drug-likeness (QED) is 0.687. The Balaban J connectivity index is 0.000000647. The molecule has 0 radical (unpaired) electrons. The summed E-state index contributed by atoms with van der Waals surface area (Å²) in [7, 11) is 2.11. The molecule has 2 fully saturated rings. The van der Waals surface area contributed by atoms with Crippen LogP contribution in [0.3, 0.4) is 0 Å². The first-order valence-corrected chi connectivity index (χ1v) is 7.91. The summed E-state index contributed by atoms with van der Waals surface area (Å²) < 4.78 is 7.37. The predicted molar refractivity (Wildman–Crippen MR) is 83.2 cm³/mol. The number of carbonyl (C=O) groups is 2. The first kappa shape index (κ1) is 18.3. The molecule has 2 saturated heterocycles. The Morgan fingerprint density at radius 3 is 2.79 bits per heavy atom. The molecule has 0 saturated carbocycles. The Labute approximate surface area is 140 Å². The molecule has 3 heterocycles. The topological polar surface area (TPSA) is 114 Å². The molecule has 0 aromatic carbocycles. The smallest absolute Gasteiger partial charge is 0.290 e. The molecule has 1 aromatic heterocycles. The van der Waals surface area contributed by atoms with Gasteiger partial charge in [0.2, 0.25) is 5.91 Å². The van der Waals surface area contributed by atoms with Crippen molar-refractivity contribution in [2.24, 2.45) is 5.92 Å². The Morgan fingerprint density at radius 1 is 1.38 bits per heavy atom. The normalized spacial score (nSPS) is 23.8. The third-order valence-electron chi connectivity index (χ3n) is 4.22. The van der Waals surface area contributed by atoms with Gasteiger partial charge in [0.25, 0.3) is 6.47 Å². The Bertz CT molecular complexity index is 551. The third kappa shape index (κ3) is 4.71. The molecule has 0 aliphatic carbocycles.